The van der Waals surface area contributed by atoms with Crippen LogP contribution < -0.4 is 0 Å². The highest BCUT2D eigenvalue weighted by atomic mass is 32.2. The van der Waals surface area contributed by atoms with Crippen molar-refractivity contribution in [1.29, 1.82) is 0 Å². The molecule has 6 nitrogen and oxygen atoms in total. The van der Waals surface area contributed by atoms with E-state index in [4.69, 9.17) is 0 Å². The molecule has 0 atom stereocenters. The van der Waals surface area contributed by atoms with Crippen LogP contribution in [0, 0.1) is 0 Å². The minimum absolute atomic E-state index is 0.802. The number of halogens is 2. The highest BCUT2D eigenvalue weighted by molar-refractivity contribution is 7.87. The van der Waals surface area contributed by atoms with Crippen molar-refractivity contribution >= 4 is 20.2 Å². The maximum absolute atomic E-state index is 14.0. The van der Waals surface area contributed by atoms with Crippen LogP contribution in [-0.4, -0.2) is 54.9 Å². The summed E-state index contributed by atoms with van der Waals surface area (Å²) in [4.78, 5) is 0. The molecular formula is C7H14F2O6S2. The molecule has 0 aliphatic rings. The largest absolute Gasteiger partial charge is 0.273 e. The molecule has 0 saturated heterocycles. The highest BCUT2D eigenvalue weighted by Crippen LogP contribution is 2.23. The molecule has 104 valence electrons. The maximum atomic E-state index is 14.0. The van der Waals surface area contributed by atoms with Crippen molar-refractivity contribution in [2.45, 2.75) is 12.1 Å². The summed E-state index contributed by atoms with van der Waals surface area (Å²) in [7, 11) is -6.88. The molecule has 0 aromatic rings. The van der Waals surface area contributed by atoms with Gasteiger partial charge in [-0.2, -0.15) is 16.8 Å². The molecule has 0 aromatic carbocycles. The van der Waals surface area contributed by atoms with E-state index in [9.17, 15) is 25.6 Å². The third-order valence-corrected chi connectivity index (χ3v) is 4.68. The first-order chi connectivity index (χ1) is 7.60. The highest BCUT2D eigenvalue weighted by Gasteiger charge is 2.40. The third-order valence-electron chi connectivity index (χ3n) is 1.92. The lowest BCUT2D eigenvalue weighted by Crippen LogP contribution is -2.40. The molecule has 10 heteroatoms. The minimum atomic E-state index is -4.24. The first-order valence-corrected chi connectivity index (χ1v) is 7.57. The number of rotatable bonds is 8. The zero-order valence-corrected chi connectivity index (χ0v) is 11.0. The van der Waals surface area contributed by atoms with Crippen molar-refractivity contribution in [2.75, 3.05) is 32.4 Å². The van der Waals surface area contributed by atoms with Crippen LogP contribution in [-0.2, 0) is 28.6 Å². The van der Waals surface area contributed by atoms with E-state index < -0.39 is 50.5 Å². The van der Waals surface area contributed by atoms with Crippen molar-refractivity contribution in [1.82, 2.24) is 0 Å². The van der Waals surface area contributed by atoms with Crippen LogP contribution in [0.2, 0.25) is 0 Å². The van der Waals surface area contributed by atoms with E-state index >= 15 is 0 Å². The van der Waals surface area contributed by atoms with Crippen LogP contribution in [0.4, 0.5) is 8.78 Å². The minimum Gasteiger partial charge on any atom is -0.273 e. The fourth-order valence-electron chi connectivity index (χ4n) is 1.11. The summed E-state index contributed by atoms with van der Waals surface area (Å²) >= 11 is 0. The first-order valence-electron chi connectivity index (χ1n) is 4.41. The van der Waals surface area contributed by atoms with Gasteiger partial charge in [0.25, 0.3) is 20.2 Å². The van der Waals surface area contributed by atoms with E-state index in [0.717, 1.165) is 14.2 Å². The van der Waals surface area contributed by atoms with Crippen molar-refractivity contribution in [2.24, 2.45) is 0 Å². The van der Waals surface area contributed by atoms with Gasteiger partial charge in [0.15, 0.2) is 0 Å². The van der Waals surface area contributed by atoms with Gasteiger partial charge in [-0.15, -0.1) is 0 Å². The summed E-state index contributed by atoms with van der Waals surface area (Å²) in [5, 5.41) is 0. The summed E-state index contributed by atoms with van der Waals surface area (Å²) in [6.07, 6.45) is -0.877. The Morgan fingerprint density at radius 3 is 1.59 bits per heavy atom. The lowest BCUT2D eigenvalue weighted by molar-refractivity contribution is 0.181. The number of hydrogen-bond acceptors (Lipinski definition) is 6. The molecule has 0 heterocycles. The molecule has 0 aliphatic heterocycles. The second kappa shape index (κ2) is 6.03. The van der Waals surface area contributed by atoms with E-state index in [1.165, 1.54) is 0 Å². The Morgan fingerprint density at radius 1 is 1.00 bits per heavy atom. The molecule has 0 saturated carbocycles. The summed E-state index contributed by atoms with van der Waals surface area (Å²) < 4.78 is 78.3. The molecule has 0 aliphatic carbocycles. The standard InChI is InChI=1S/C7H14F2O6S2/c1-14-16(10,11)5-7(9,3-4-8)6-17(12,13)15-2/h3-6H2,1-2H3. The van der Waals surface area contributed by atoms with Crippen molar-refractivity contribution in [3.63, 3.8) is 0 Å². The van der Waals surface area contributed by atoms with Gasteiger partial charge in [0.2, 0.25) is 0 Å². The topological polar surface area (TPSA) is 86.7 Å². The Balaban J connectivity index is 5.05. The molecule has 0 aromatic heterocycles. The van der Waals surface area contributed by atoms with Crippen LogP contribution in [0.3, 0.4) is 0 Å². The second-order valence-corrected chi connectivity index (χ2v) is 6.80. The van der Waals surface area contributed by atoms with Gasteiger partial charge in [0.05, 0.1) is 20.9 Å². The molecule has 0 spiro atoms. The Bertz CT molecular complexity index is 393. The monoisotopic (exact) mass is 296 g/mol. The van der Waals surface area contributed by atoms with Crippen LogP contribution in [0.15, 0.2) is 0 Å². The molecule has 0 unspecified atom stereocenters. The lowest BCUT2D eigenvalue weighted by Gasteiger charge is -2.22. The first kappa shape index (κ1) is 16.7. The van der Waals surface area contributed by atoms with Gasteiger partial charge in [-0.3, -0.25) is 12.8 Å². The van der Waals surface area contributed by atoms with E-state index in [2.05, 4.69) is 8.37 Å². The van der Waals surface area contributed by atoms with Crippen LogP contribution in [0.5, 0.6) is 0 Å². The normalized spacial score (nSPS) is 13.9. The molecule has 17 heavy (non-hydrogen) atoms. The summed E-state index contributed by atoms with van der Waals surface area (Å²) in [6, 6.07) is 0. The van der Waals surface area contributed by atoms with Crippen LogP contribution >= 0.6 is 0 Å². The van der Waals surface area contributed by atoms with Crippen molar-refractivity contribution < 1.29 is 34.0 Å². The van der Waals surface area contributed by atoms with Crippen LogP contribution in [0.25, 0.3) is 0 Å². The predicted octanol–water partition coefficient (Wildman–Crippen LogP) is 0.00670. The maximum Gasteiger partial charge on any atom is 0.270 e. The predicted molar refractivity (Wildman–Crippen MR) is 56.0 cm³/mol. The van der Waals surface area contributed by atoms with E-state index in [1.54, 1.807) is 0 Å². The summed E-state index contributed by atoms with van der Waals surface area (Å²) in [5.74, 6) is -2.49. The Labute approximate surface area is 99.2 Å². The van der Waals surface area contributed by atoms with Gasteiger partial charge in [0, 0.05) is 6.42 Å². The van der Waals surface area contributed by atoms with E-state index in [-0.39, 0.29) is 0 Å². The molecule has 0 N–H and O–H groups in total. The Kier molecular flexibility index (Phi) is 5.91. The molecule has 0 amide bonds. The van der Waals surface area contributed by atoms with Crippen molar-refractivity contribution in [3.8, 4) is 0 Å². The molecule has 0 bridgehead atoms. The number of alkyl halides is 2. The van der Waals surface area contributed by atoms with Gasteiger partial charge in [-0.25, -0.2) is 4.39 Å². The second-order valence-electron chi connectivity index (χ2n) is 3.33. The van der Waals surface area contributed by atoms with Crippen LogP contribution in [0.1, 0.15) is 6.42 Å². The van der Waals surface area contributed by atoms with E-state index in [0.29, 0.717) is 0 Å². The fraction of sp³-hybridized carbons (Fsp3) is 1.00. The van der Waals surface area contributed by atoms with E-state index in [1.807, 2.05) is 0 Å². The van der Waals surface area contributed by atoms with Gasteiger partial charge in [-0.05, 0) is 0 Å². The quantitative estimate of drug-likeness (QED) is 0.586. The summed E-state index contributed by atoms with van der Waals surface area (Å²) in [6.45, 7) is -1.20. The van der Waals surface area contributed by atoms with Gasteiger partial charge in [0.1, 0.15) is 17.2 Å². The zero-order chi connectivity index (χ0) is 13.7. The molecule has 0 radical (unpaired) electrons. The Hall–Kier alpha value is -0.320. The molecule has 0 rings (SSSR count). The molecule has 0 fully saturated rings. The van der Waals surface area contributed by atoms with Gasteiger partial charge in [-0.1, -0.05) is 0 Å². The van der Waals surface area contributed by atoms with Crippen molar-refractivity contribution in [3.05, 3.63) is 0 Å². The molecular weight excluding hydrogens is 282 g/mol. The van der Waals surface area contributed by atoms with Gasteiger partial charge >= 0.3 is 0 Å². The fourth-order valence-corrected chi connectivity index (χ4v) is 3.23. The third kappa shape index (κ3) is 6.24. The van der Waals surface area contributed by atoms with Gasteiger partial charge < -0.3 is 0 Å². The average Bonchev–Trinajstić information content (AvgIpc) is 2.16. The average molecular weight is 296 g/mol. The smallest absolute Gasteiger partial charge is 0.270 e. The lowest BCUT2D eigenvalue weighted by atomic mass is 10.1. The zero-order valence-electron chi connectivity index (χ0n) is 9.35. The Morgan fingerprint density at radius 2 is 1.35 bits per heavy atom. The SMILES string of the molecule is COS(=O)(=O)CC(F)(CCF)CS(=O)(=O)OC. The number of hydrogen-bond donors (Lipinski definition) is 0. The summed E-state index contributed by atoms with van der Waals surface area (Å²) in [5.41, 5.74) is -2.78.